The van der Waals surface area contributed by atoms with E-state index in [9.17, 15) is 13.2 Å². The molecule has 29 heavy (non-hydrogen) atoms. The first-order valence-electron chi connectivity index (χ1n) is 8.91. The van der Waals surface area contributed by atoms with Crippen LogP contribution in [0.3, 0.4) is 0 Å². The van der Waals surface area contributed by atoms with Crippen LogP contribution in [0.1, 0.15) is 27.5 Å². The van der Waals surface area contributed by atoms with Crippen LogP contribution in [-0.2, 0) is 10.0 Å². The normalized spacial score (nSPS) is 11.3. The third-order valence-electron chi connectivity index (χ3n) is 4.59. The number of hydrogen-bond acceptors (Lipinski definition) is 3. The summed E-state index contributed by atoms with van der Waals surface area (Å²) in [6.07, 6.45) is 1.08. The van der Waals surface area contributed by atoms with Crippen LogP contribution in [0.2, 0.25) is 5.02 Å². The molecule has 3 rings (SSSR count). The van der Waals surface area contributed by atoms with Crippen LogP contribution in [0.5, 0.6) is 0 Å². The van der Waals surface area contributed by atoms with E-state index >= 15 is 0 Å². The zero-order valence-corrected chi connectivity index (χ0v) is 17.6. The monoisotopic (exact) mass is 428 g/mol. The van der Waals surface area contributed by atoms with Crippen molar-refractivity contribution in [3.8, 4) is 0 Å². The number of sulfonamides is 1. The van der Waals surface area contributed by atoms with Gasteiger partial charge >= 0.3 is 0 Å². The maximum Gasteiger partial charge on any atom is 0.252 e. The molecule has 7 heteroatoms. The van der Waals surface area contributed by atoms with E-state index < -0.39 is 10.0 Å². The van der Waals surface area contributed by atoms with Gasteiger partial charge < -0.3 is 5.32 Å². The van der Waals surface area contributed by atoms with Gasteiger partial charge in [0, 0.05) is 12.6 Å². The largest absolute Gasteiger partial charge is 0.341 e. The van der Waals surface area contributed by atoms with Gasteiger partial charge in [0.25, 0.3) is 5.91 Å². The Morgan fingerprint density at radius 1 is 0.931 bits per heavy atom. The van der Waals surface area contributed by atoms with Crippen LogP contribution in [0.15, 0.2) is 78.9 Å². The maximum atomic E-state index is 13.0. The molecule has 3 aromatic rings. The number of carbonyl (C=O) groups is 1. The fourth-order valence-corrected chi connectivity index (χ4v) is 3.74. The first-order chi connectivity index (χ1) is 13.8. The molecular formula is C22H21ClN2O3S. The fourth-order valence-electron chi connectivity index (χ4n) is 2.94. The molecule has 1 amide bonds. The highest BCUT2D eigenvalue weighted by Crippen LogP contribution is 2.28. The van der Waals surface area contributed by atoms with Gasteiger partial charge in [-0.2, -0.15) is 0 Å². The molecule has 3 aromatic carbocycles. The van der Waals surface area contributed by atoms with E-state index in [0.717, 1.165) is 21.7 Å². The highest BCUT2D eigenvalue weighted by molar-refractivity contribution is 7.92. The Hall–Kier alpha value is -2.83. The molecule has 1 N–H and O–H groups in total. The van der Waals surface area contributed by atoms with Crippen LogP contribution in [-0.4, -0.2) is 27.6 Å². The molecular weight excluding hydrogens is 408 g/mol. The topological polar surface area (TPSA) is 66.5 Å². The van der Waals surface area contributed by atoms with Gasteiger partial charge in [-0.25, -0.2) is 8.42 Å². The lowest BCUT2D eigenvalue weighted by Gasteiger charge is -2.21. The van der Waals surface area contributed by atoms with Gasteiger partial charge in [0.15, 0.2) is 0 Å². The minimum atomic E-state index is -3.51. The third kappa shape index (κ3) is 4.96. The molecule has 0 unspecified atom stereocenters. The zero-order chi connectivity index (χ0) is 21.0. The summed E-state index contributed by atoms with van der Waals surface area (Å²) in [6.45, 7) is 0. The van der Waals surface area contributed by atoms with Crippen molar-refractivity contribution in [1.29, 1.82) is 0 Å². The van der Waals surface area contributed by atoms with Crippen molar-refractivity contribution in [3.05, 3.63) is 101 Å². The number of benzene rings is 3. The Morgan fingerprint density at radius 2 is 1.45 bits per heavy atom. The van der Waals surface area contributed by atoms with Crippen LogP contribution < -0.4 is 9.62 Å². The molecule has 0 aliphatic carbocycles. The second-order valence-corrected chi connectivity index (χ2v) is 9.05. The number of nitrogens with one attached hydrogen (secondary N) is 1. The van der Waals surface area contributed by atoms with Crippen LogP contribution in [0.25, 0.3) is 0 Å². The van der Waals surface area contributed by atoms with E-state index in [2.05, 4.69) is 5.32 Å². The Labute approximate surface area is 176 Å². The lowest BCUT2D eigenvalue weighted by Crippen LogP contribution is -2.30. The van der Waals surface area contributed by atoms with Gasteiger partial charge in [0.1, 0.15) is 0 Å². The van der Waals surface area contributed by atoms with E-state index in [4.69, 9.17) is 11.6 Å². The molecule has 0 fully saturated rings. The fraction of sp³-hybridized carbons (Fsp3) is 0.136. The number of nitrogens with zero attached hydrogens (tertiary/aromatic N) is 1. The first-order valence-corrected chi connectivity index (χ1v) is 11.1. The Kier molecular flexibility index (Phi) is 6.25. The zero-order valence-electron chi connectivity index (χ0n) is 16.0. The number of rotatable bonds is 6. The molecule has 0 atom stereocenters. The van der Waals surface area contributed by atoms with E-state index in [1.807, 2.05) is 60.7 Å². The molecule has 0 aliphatic heterocycles. The predicted molar refractivity (Wildman–Crippen MR) is 117 cm³/mol. The molecule has 0 aromatic heterocycles. The lowest BCUT2D eigenvalue weighted by molar-refractivity contribution is 0.0943. The standard InChI is InChI=1S/C22H21ClN2O3S/c1-25(29(2,27)28)20-15-18(13-14-19(20)23)22(26)24-21(16-9-5-3-6-10-16)17-11-7-4-8-12-17/h3-15,21H,1-2H3,(H,24,26). The third-order valence-corrected chi connectivity index (χ3v) is 6.10. The van der Waals surface area contributed by atoms with Gasteiger partial charge in [-0.05, 0) is 29.3 Å². The van der Waals surface area contributed by atoms with Crippen LogP contribution >= 0.6 is 11.6 Å². The van der Waals surface area contributed by atoms with Crippen molar-refractivity contribution in [2.24, 2.45) is 0 Å². The number of amides is 1. The summed E-state index contributed by atoms with van der Waals surface area (Å²) >= 11 is 6.16. The molecule has 0 spiro atoms. The van der Waals surface area contributed by atoms with Crippen LogP contribution in [0, 0.1) is 0 Å². The predicted octanol–water partition coefficient (Wildman–Crippen LogP) is 4.26. The van der Waals surface area contributed by atoms with Crippen molar-refractivity contribution in [2.75, 3.05) is 17.6 Å². The smallest absolute Gasteiger partial charge is 0.252 e. The SMILES string of the molecule is CN(c1cc(C(=O)NC(c2ccccc2)c2ccccc2)ccc1Cl)S(C)(=O)=O. The number of hydrogen-bond donors (Lipinski definition) is 1. The van der Waals surface area contributed by atoms with Gasteiger partial charge in [-0.1, -0.05) is 72.3 Å². The summed E-state index contributed by atoms with van der Waals surface area (Å²) in [5.41, 5.74) is 2.44. The highest BCUT2D eigenvalue weighted by Gasteiger charge is 2.20. The van der Waals surface area contributed by atoms with Crippen molar-refractivity contribution in [3.63, 3.8) is 0 Å². The molecule has 150 valence electrons. The molecule has 0 aliphatic rings. The van der Waals surface area contributed by atoms with Crippen molar-refractivity contribution in [2.45, 2.75) is 6.04 Å². The van der Waals surface area contributed by atoms with Crippen molar-refractivity contribution in [1.82, 2.24) is 5.32 Å². The van der Waals surface area contributed by atoms with Gasteiger partial charge in [0.05, 0.1) is 23.0 Å². The summed E-state index contributed by atoms with van der Waals surface area (Å²) < 4.78 is 24.8. The molecule has 0 radical (unpaired) electrons. The Bertz CT molecular complexity index is 1060. The van der Waals surface area contributed by atoms with E-state index in [1.165, 1.54) is 19.2 Å². The molecule has 0 saturated heterocycles. The summed E-state index contributed by atoms with van der Waals surface area (Å²) in [5.74, 6) is -0.331. The summed E-state index contributed by atoms with van der Waals surface area (Å²) in [7, 11) is -2.11. The van der Waals surface area contributed by atoms with Crippen molar-refractivity contribution >= 4 is 33.2 Å². The lowest BCUT2D eigenvalue weighted by atomic mass is 9.98. The Balaban J connectivity index is 1.95. The summed E-state index contributed by atoms with van der Waals surface area (Å²) in [4.78, 5) is 13.0. The minimum Gasteiger partial charge on any atom is -0.341 e. The summed E-state index contributed by atoms with van der Waals surface area (Å²) in [5, 5.41) is 3.29. The highest BCUT2D eigenvalue weighted by atomic mass is 35.5. The van der Waals surface area contributed by atoms with Gasteiger partial charge in [0.2, 0.25) is 10.0 Å². The number of carbonyl (C=O) groups excluding carboxylic acids is 1. The molecule has 0 heterocycles. The van der Waals surface area contributed by atoms with Crippen molar-refractivity contribution < 1.29 is 13.2 Å². The molecule has 0 saturated carbocycles. The molecule has 0 bridgehead atoms. The minimum absolute atomic E-state index is 0.247. The average Bonchev–Trinajstić information content (AvgIpc) is 2.72. The Morgan fingerprint density at radius 3 is 1.93 bits per heavy atom. The second kappa shape index (κ2) is 8.68. The van der Waals surface area contributed by atoms with Gasteiger partial charge in [-0.3, -0.25) is 9.10 Å². The quantitative estimate of drug-likeness (QED) is 0.638. The van der Waals surface area contributed by atoms with Gasteiger partial charge in [-0.15, -0.1) is 0 Å². The maximum absolute atomic E-state index is 13.0. The average molecular weight is 429 g/mol. The number of halogens is 1. The van der Waals surface area contributed by atoms with Crippen LogP contribution in [0.4, 0.5) is 5.69 Å². The van der Waals surface area contributed by atoms with E-state index in [-0.39, 0.29) is 22.7 Å². The summed E-state index contributed by atoms with van der Waals surface area (Å²) in [6, 6.07) is 23.5. The number of anilines is 1. The van der Waals surface area contributed by atoms with E-state index in [1.54, 1.807) is 6.07 Å². The van der Waals surface area contributed by atoms with E-state index in [0.29, 0.717) is 5.56 Å². The first kappa shape index (κ1) is 20.9. The molecule has 5 nitrogen and oxygen atoms in total. The second-order valence-electron chi connectivity index (χ2n) is 6.62.